The minimum atomic E-state index is 0.296. The van der Waals surface area contributed by atoms with Gasteiger partial charge in [-0.1, -0.05) is 48.5 Å². The largest absolute Gasteiger partial charge is 0.294 e. The van der Waals surface area contributed by atoms with Gasteiger partial charge in [-0.25, -0.2) is 5.43 Å². The van der Waals surface area contributed by atoms with E-state index in [1.54, 1.807) is 0 Å². The quantitative estimate of drug-likeness (QED) is 0.486. The molecular weight excluding hydrogens is 224 g/mol. The van der Waals surface area contributed by atoms with Crippen molar-refractivity contribution in [2.45, 2.75) is 5.92 Å². The summed E-state index contributed by atoms with van der Waals surface area (Å²) in [5, 5.41) is 0. The highest BCUT2D eigenvalue weighted by Gasteiger charge is 2.27. The van der Waals surface area contributed by atoms with Crippen molar-refractivity contribution >= 4 is 6.41 Å². The van der Waals surface area contributed by atoms with Gasteiger partial charge in [0.05, 0.1) is 0 Å². The van der Waals surface area contributed by atoms with Crippen LogP contribution in [0.25, 0.3) is 11.1 Å². The van der Waals surface area contributed by atoms with Gasteiger partial charge in [0.1, 0.15) is 0 Å². The summed E-state index contributed by atoms with van der Waals surface area (Å²) in [5.74, 6) is 0.296. The topological polar surface area (TPSA) is 41.1 Å². The van der Waals surface area contributed by atoms with Crippen molar-refractivity contribution in [1.82, 2.24) is 10.9 Å². The summed E-state index contributed by atoms with van der Waals surface area (Å²) >= 11 is 0. The predicted octanol–water partition coefficient (Wildman–Crippen LogP) is 2.05. The molecule has 0 saturated heterocycles. The van der Waals surface area contributed by atoms with E-state index in [0.29, 0.717) is 18.9 Å². The molecule has 0 saturated carbocycles. The van der Waals surface area contributed by atoms with Gasteiger partial charge in [-0.3, -0.25) is 10.2 Å². The van der Waals surface area contributed by atoms with Gasteiger partial charge in [0.15, 0.2) is 0 Å². The lowest BCUT2D eigenvalue weighted by Gasteiger charge is -2.13. The van der Waals surface area contributed by atoms with Crippen LogP contribution in [0, 0.1) is 0 Å². The molecule has 2 aromatic rings. The summed E-state index contributed by atoms with van der Waals surface area (Å²) in [6, 6.07) is 16.9. The maximum absolute atomic E-state index is 10.3. The number of benzene rings is 2. The summed E-state index contributed by atoms with van der Waals surface area (Å²) in [7, 11) is 0. The molecule has 0 aromatic heterocycles. The normalized spacial score (nSPS) is 12.9. The van der Waals surface area contributed by atoms with Crippen LogP contribution in [0.3, 0.4) is 0 Å². The van der Waals surface area contributed by atoms with E-state index in [2.05, 4.69) is 59.4 Å². The van der Waals surface area contributed by atoms with Crippen LogP contribution in [0.1, 0.15) is 17.0 Å². The summed E-state index contributed by atoms with van der Waals surface area (Å²) < 4.78 is 0. The third-order valence-electron chi connectivity index (χ3n) is 3.43. The zero-order valence-corrected chi connectivity index (χ0v) is 9.89. The predicted molar refractivity (Wildman–Crippen MR) is 70.9 cm³/mol. The summed E-state index contributed by atoms with van der Waals surface area (Å²) in [4.78, 5) is 10.3. The van der Waals surface area contributed by atoms with Crippen LogP contribution in [-0.4, -0.2) is 13.0 Å². The molecular formula is C15H14N2O. The van der Waals surface area contributed by atoms with Gasteiger partial charge in [0.25, 0.3) is 0 Å². The smallest absolute Gasteiger partial charge is 0.221 e. The van der Waals surface area contributed by atoms with Crippen molar-refractivity contribution in [3.63, 3.8) is 0 Å². The monoisotopic (exact) mass is 238 g/mol. The number of carbonyl (C=O) groups is 1. The molecule has 1 aliphatic carbocycles. The van der Waals surface area contributed by atoms with Crippen molar-refractivity contribution in [2.24, 2.45) is 0 Å². The molecule has 0 spiro atoms. The Balaban J connectivity index is 2.01. The standard InChI is InChI=1S/C15H14N2O/c18-10-17-16-9-15-13-7-3-1-5-11(13)12-6-2-4-8-14(12)15/h1-8,10,15-16H,9H2,(H,17,18). The minimum absolute atomic E-state index is 0.296. The fourth-order valence-corrected chi connectivity index (χ4v) is 2.68. The van der Waals surface area contributed by atoms with Crippen LogP contribution in [0.5, 0.6) is 0 Å². The van der Waals surface area contributed by atoms with E-state index in [0.717, 1.165) is 0 Å². The molecule has 0 fully saturated rings. The lowest BCUT2D eigenvalue weighted by molar-refractivity contribution is -0.110. The maximum Gasteiger partial charge on any atom is 0.221 e. The highest BCUT2D eigenvalue weighted by molar-refractivity contribution is 5.78. The molecule has 0 heterocycles. The van der Waals surface area contributed by atoms with Crippen molar-refractivity contribution < 1.29 is 4.79 Å². The maximum atomic E-state index is 10.3. The van der Waals surface area contributed by atoms with Crippen LogP contribution in [0.2, 0.25) is 0 Å². The summed E-state index contributed by atoms with van der Waals surface area (Å²) in [6.45, 7) is 0.701. The van der Waals surface area contributed by atoms with E-state index in [4.69, 9.17) is 0 Å². The van der Waals surface area contributed by atoms with Gasteiger partial charge in [-0.2, -0.15) is 0 Å². The first-order valence-corrected chi connectivity index (χ1v) is 6.02. The Labute approximate surface area is 106 Å². The molecule has 0 radical (unpaired) electrons. The van der Waals surface area contributed by atoms with E-state index in [1.165, 1.54) is 22.3 Å². The molecule has 2 aromatic carbocycles. The lowest BCUT2D eigenvalue weighted by atomic mass is 9.97. The van der Waals surface area contributed by atoms with E-state index in [9.17, 15) is 4.79 Å². The highest BCUT2D eigenvalue weighted by atomic mass is 16.1. The third-order valence-corrected chi connectivity index (χ3v) is 3.43. The van der Waals surface area contributed by atoms with Gasteiger partial charge in [0, 0.05) is 12.5 Å². The number of nitrogens with one attached hydrogen (secondary N) is 2. The SMILES string of the molecule is O=CNNCC1c2ccccc2-c2ccccc21. The fraction of sp³-hybridized carbons (Fsp3) is 0.133. The Morgan fingerprint density at radius 3 is 2.06 bits per heavy atom. The van der Waals surface area contributed by atoms with E-state index >= 15 is 0 Å². The van der Waals surface area contributed by atoms with Gasteiger partial charge >= 0.3 is 0 Å². The fourth-order valence-electron chi connectivity index (χ4n) is 2.68. The number of hydrazine groups is 1. The Morgan fingerprint density at radius 1 is 0.944 bits per heavy atom. The van der Waals surface area contributed by atoms with Crippen LogP contribution < -0.4 is 10.9 Å². The highest BCUT2D eigenvalue weighted by Crippen LogP contribution is 2.43. The van der Waals surface area contributed by atoms with Crippen molar-refractivity contribution in [3.8, 4) is 11.1 Å². The van der Waals surface area contributed by atoms with Crippen LogP contribution in [-0.2, 0) is 4.79 Å². The van der Waals surface area contributed by atoms with Crippen LogP contribution >= 0.6 is 0 Å². The second-order valence-corrected chi connectivity index (χ2v) is 4.37. The van der Waals surface area contributed by atoms with E-state index < -0.39 is 0 Å². The molecule has 1 aliphatic rings. The first kappa shape index (κ1) is 11.0. The second-order valence-electron chi connectivity index (χ2n) is 4.37. The first-order valence-electron chi connectivity index (χ1n) is 6.02. The Hall–Kier alpha value is -2.13. The van der Waals surface area contributed by atoms with E-state index in [1.807, 2.05) is 0 Å². The van der Waals surface area contributed by atoms with Crippen LogP contribution in [0.4, 0.5) is 0 Å². The molecule has 3 rings (SSSR count). The lowest BCUT2D eigenvalue weighted by Crippen LogP contribution is -2.33. The molecule has 2 N–H and O–H groups in total. The summed E-state index contributed by atoms with van der Waals surface area (Å²) in [5.41, 5.74) is 10.7. The molecule has 0 atom stereocenters. The molecule has 18 heavy (non-hydrogen) atoms. The molecule has 0 bridgehead atoms. The van der Waals surface area contributed by atoms with Crippen molar-refractivity contribution in [2.75, 3.05) is 6.54 Å². The van der Waals surface area contributed by atoms with Gasteiger partial charge in [0.2, 0.25) is 6.41 Å². The van der Waals surface area contributed by atoms with E-state index in [-0.39, 0.29) is 0 Å². The van der Waals surface area contributed by atoms with Crippen molar-refractivity contribution in [3.05, 3.63) is 59.7 Å². The number of rotatable bonds is 4. The molecule has 3 nitrogen and oxygen atoms in total. The number of hydrogen-bond acceptors (Lipinski definition) is 2. The zero-order valence-electron chi connectivity index (χ0n) is 9.89. The summed E-state index contributed by atoms with van der Waals surface area (Å²) in [6.07, 6.45) is 0.659. The van der Waals surface area contributed by atoms with Crippen LogP contribution in [0.15, 0.2) is 48.5 Å². The molecule has 0 unspecified atom stereocenters. The third kappa shape index (κ3) is 1.69. The Bertz CT molecular complexity index is 535. The minimum Gasteiger partial charge on any atom is -0.294 e. The first-order chi connectivity index (χ1) is 8.92. The van der Waals surface area contributed by atoms with Gasteiger partial charge < -0.3 is 0 Å². The van der Waals surface area contributed by atoms with Crippen molar-refractivity contribution in [1.29, 1.82) is 0 Å². The van der Waals surface area contributed by atoms with Gasteiger partial charge in [-0.15, -0.1) is 0 Å². The Kier molecular flexibility index (Phi) is 2.82. The second kappa shape index (κ2) is 4.63. The number of amides is 1. The average Bonchev–Trinajstić information content (AvgIpc) is 2.74. The number of hydrogen-bond donors (Lipinski definition) is 2. The molecule has 0 aliphatic heterocycles. The number of fused-ring (bicyclic) bond motifs is 3. The zero-order chi connectivity index (χ0) is 12.4. The average molecular weight is 238 g/mol. The molecule has 1 amide bonds. The van der Waals surface area contributed by atoms with Gasteiger partial charge in [-0.05, 0) is 22.3 Å². The Morgan fingerprint density at radius 2 is 1.50 bits per heavy atom. The molecule has 90 valence electrons. The molecule has 3 heteroatoms. The number of carbonyl (C=O) groups excluding carboxylic acids is 1.